The summed E-state index contributed by atoms with van der Waals surface area (Å²) in [6.07, 6.45) is 1.03. The predicted molar refractivity (Wildman–Crippen MR) is 144 cm³/mol. The summed E-state index contributed by atoms with van der Waals surface area (Å²) in [5.74, 6) is -2.94. The fraction of sp³-hybridized carbons (Fsp3) is 0.720. The van der Waals surface area contributed by atoms with Crippen LogP contribution < -0.4 is 5.32 Å². The number of likely N-dealkylation sites (tertiary alicyclic amines) is 1. The van der Waals surface area contributed by atoms with Crippen LogP contribution in [-0.4, -0.2) is 112 Å². The highest BCUT2D eigenvalue weighted by atomic mass is 32.2. The number of aryl methyl sites for hydroxylation is 2. The second kappa shape index (κ2) is 13.9. The second-order valence-corrected chi connectivity index (χ2v) is 14.2. The third-order valence-corrected chi connectivity index (χ3v) is 11.3. The van der Waals surface area contributed by atoms with E-state index in [2.05, 4.69) is 17.1 Å². The van der Waals surface area contributed by atoms with Gasteiger partial charge in [0.15, 0.2) is 0 Å². The molecule has 1 aromatic carbocycles. The van der Waals surface area contributed by atoms with Gasteiger partial charge in [-0.05, 0) is 74.9 Å². The van der Waals surface area contributed by atoms with Gasteiger partial charge in [0.25, 0.3) is 0 Å². The number of likely N-dealkylation sites (N-methyl/N-ethyl adjacent to an activating group) is 1. The van der Waals surface area contributed by atoms with Crippen LogP contribution in [0.25, 0.3) is 0 Å². The summed E-state index contributed by atoms with van der Waals surface area (Å²) in [6.45, 7) is 6.38. The number of carboxylic acids is 1. The van der Waals surface area contributed by atoms with Crippen molar-refractivity contribution in [3.63, 3.8) is 0 Å². The smallest absolute Gasteiger partial charge is 0.475 e. The highest BCUT2D eigenvalue weighted by Gasteiger charge is 2.38. The van der Waals surface area contributed by atoms with Crippen molar-refractivity contribution in [2.45, 2.75) is 62.6 Å². The van der Waals surface area contributed by atoms with E-state index in [0.717, 1.165) is 57.2 Å². The molecular formula is C25H39F3N4O6S2. The molecule has 15 heteroatoms. The quantitative estimate of drug-likeness (QED) is 0.433. The summed E-state index contributed by atoms with van der Waals surface area (Å²) in [4.78, 5) is 11.5. The summed E-state index contributed by atoms with van der Waals surface area (Å²) in [6, 6.07) is 5.62. The minimum absolute atomic E-state index is 0.0142. The van der Waals surface area contributed by atoms with Gasteiger partial charge in [0, 0.05) is 45.3 Å². The highest BCUT2D eigenvalue weighted by molar-refractivity contribution is 7.90. The molecule has 0 radical (unpaired) electrons. The number of alkyl halides is 3. The number of nitrogens with one attached hydrogen (secondary N) is 1. The van der Waals surface area contributed by atoms with Gasteiger partial charge in [-0.2, -0.15) is 21.8 Å². The monoisotopic (exact) mass is 612 g/mol. The molecule has 228 valence electrons. The molecule has 2 fully saturated rings. The number of sulfonamides is 2. The molecule has 1 aromatic rings. The average molecular weight is 613 g/mol. The minimum Gasteiger partial charge on any atom is -0.475 e. The van der Waals surface area contributed by atoms with Crippen LogP contribution in [0.5, 0.6) is 0 Å². The summed E-state index contributed by atoms with van der Waals surface area (Å²) in [5, 5.41) is 10.3. The van der Waals surface area contributed by atoms with Crippen LogP contribution >= 0.6 is 0 Å². The van der Waals surface area contributed by atoms with Gasteiger partial charge in [-0.25, -0.2) is 21.6 Å². The molecule has 0 aromatic heterocycles. The molecular weight excluding hydrogens is 573 g/mol. The lowest BCUT2D eigenvalue weighted by molar-refractivity contribution is -0.192. The topological polar surface area (TPSA) is 127 Å². The van der Waals surface area contributed by atoms with Gasteiger partial charge in [-0.15, -0.1) is 0 Å². The molecule has 2 saturated heterocycles. The number of rotatable bonds is 9. The van der Waals surface area contributed by atoms with Crippen molar-refractivity contribution in [3.05, 3.63) is 29.3 Å². The number of fused-ring (bicyclic) bond motifs is 1. The number of nitrogens with zero attached hydrogens (tertiary/aromatic N) is 3. The van der Waals surface area contributed by atoms with Crippen LogP contribution in [0.15, 0.2) is 23.1 Å². The molecule has 2 aliphatic heterocycles. The lowest BCUT2D eigenvalue weighted by atomic mass is 9.92. The first-order valence-corrected chi connectivity index (χ1v) is 16.6. The Balaban J connectivity index is 0.000000559. The Hall–Kier alpha value is -1.78. The largest absolute Gasteiger partial charge is 0.490 e. The van der Waals surface area contributed by atoms with E-state index in [1.165, 1.54) is 14.2 Å². The van der Waals surface area contributed by atoms with Crippen molar-refractivity contribution in [2.24, 2.45) is 0 Å². The first kappa shape index (κ1) is 32.7. The molecule has 0 bridgehead atoms. The molecule has 0 spiro atoms. The molecule has 2 N–H and O–H groups in total. The van der Waals surface area contributed by atoms with Crippen molar-refractivity contribution in [2.75, 3.05) is 58.1 Å². The van der Waals surface area contributed by atoms with E-state index in [0.29, 0.717) is 37.6 Å². The second-order valence-electron chi connectivity index (χ2n) is 10.2. The van der Waals surface area contributed by atoms with Gasteiger partial charge in [-0.3, -0.25) is 4.90 Å². The van der Waals surface area contributed by atoms with Gasteiger partial charge in [0.05, 0.1) is 10.6 Å². The number of halogens is 3. The maximum Gasteiger partial charge on any atom is 0.490 e. The Morgan fingerprint density at radius 2 is 1.68 bits per heavy atom. The van der Waals surface area contributed by atoms with E-state index in [-0.39, 0.29) is 18.3 Å². The van der Waals surface area contributed by atoms with E-state index in [9.17, 15) is 30.0 Å². The van der Waals surface area contributed by atoms with Gasteiger partial charge in [0.2, 0.25) is 20.0 Å². The maximum atomic E-state index is 13.8. The minimum atomic E-state index is -5.08. The summed E-state index contributed by atoms with van der Waals surface area (Å²) >= 11 is 0. The number of piperazine rings is 1. The van der Waals surface area contributed by atoms with Gasteiger partial charge < -0.3 is 10.4 Å². The predicted octanol–water partition coefficient (Wildman–Crippen LogP) is 1.91. The Labute approximate surface area is 234 Å². The first-order valence-electron chi connectivity index (χ1n) is 13.6. The third kappa shape index (κ3) is 8.61. The van der Waals surface area contributed by atoms with E-state index < -0.39 is 32.2 Å². The molecule has 2 heterocycles. The average Bonchev–Trinajstić information content (AvgIpc) is 3.38. The van der Waals surface area contributed by atoms with Crippen LogP contribution in [0.4, 0.5) is 13.2 Å². The van der Waals surface area contributed by atoms with Crippen LogP contribution in [0.3, 0.4) is 0 Å². The fourth-order valence-electron chi connectivity index (χ4n) is 5.35. The van der Waals surface area contributed by atoms with E-state index >= 15 is 0 Å². The van der Waals surface area contributed by atoms with Crippen molar-refractivity contribution in [3.8, 4) is 0 Å². The van der Waals surface area contributed by atoms with Crippen LogP contribution in [-0.2, 0) is 37.7 Å². The van der Waals surface area contributed by atoms with Gasteiger partial charge >= 0.3 is 12.1 Å². The fourth-order valence-corrected chi connectivity index (χ4v) is 8.44. The lowest BCUT2D eigenvalue weighted by Crippen LogP contribution is -2.49. The van der Waals surface area contributed by atoms with Crippen molar-refractivity contribution in [1.82, 2.24) is 18.8 Å². The van der Waals surface area contributed by atoms with Crippen LogP contribution in [0.1, 0.15) is 43.7 Å². The van der Waals surface area contributed by atoms with E-state index in [4.69, 9.17) is 9.90 Å². The molecule has 1 unspecified atom stereocenters. The molecule has 3 aliphatic rings. The number of carboxylic acid groups (broad SMARTS) is 1. The Kier molecular flexibility index (Phi) is 11.4. The van der Waals surface area contributed by atoms with Crippen molar-refractivity contribution in [1.29, 1.82) is 0 Å². The number of carbonyl (C=O) groups is 1. The van der Waals surface area contributed by atoms with E-state index in [1.54, 1.807) is 6.07 Å². The molecule has 40 heavy (non-hydrogen) atoms. The zero-order valence-electron chi connectivity index (χ0n) is 22.7. The third-order valence-electron chi connectivity index (χ3n) is 7.59. The van der Waals surface area contributed by atoms with Gasteiger partial charge in [-0.1, -0.05) is 13.0 Å². The summed E-state index contributed by atoms with van der Waals surface area (Å²) in [5.41, 5.74) is 2.35. The molecule has 4 rings (SSSR count). The molecule has 1 aliphatic carbocycles. The molecule has 1 atom stereocenters. The van der Waals surface area contributed by atoms with Crippen molar-refractivity contribution >= 4 is 26.0 Å². The zero-order chi connectivity index (χ0) is 29.6. The Morgan fingerprint density at radius 1 is 1.05 bits per heavy atom. The summed E-state index contributed by atoms with van der Waals surface area (Å²) in [7, 11) is -7.31. The van der Waals surface area contributed by atoms with Crippen LogP contribution in [0.2, 0.25) is 0 Å². The van der Waals surface area contributed by atoms with Crippen LogP contribution in [0, 0.1) is 0 Å². The molecule has 0 amide bonds. The number of aliphatic carboxylic acids is 1. The van der Waals surface area contributed by atoms with Gasteiger partial charge in [0.1, 0.15) is 0 Å². The molecule has 10 nitrogen and oxygen atoms in total. The zero-order valence-corrected chi connectivity index (χ0v) is 24.3. The highest BCUT2D eigenvalue weighted by Crippen LogP contribution is 2.27. The normalized spacial score (nSPS) is 21.1. The lowest BCUT2D eigenvalue weighted by Gasteiger charge is -2.31. The number of benzene rings is 1. The number of hydrogen-bond donors (Lipinski definition) is 2. The Morgan fingerprint density at radius 3 is 2.27 bits per heavy atom. The SMILES string of the molecule is CCN1CCCC1CN(CCS(=O)(=O)N1CCNCC1)S(=O)(=O)c1ccc2c(c1)CCCC2.O=C(O)C(F)(F)F. The van der Waals surface area contributed by atoms with Crippen molar-refractivity contribution < 1.29 is 39.9 Å². The first-order chi connectivity index (χ1) is 18.8. The molecule has 0 saturated carbocycles. The number of hydrogen-bond acceptors (Lipinski definition) is 7. The standard InChI is InChI=1S/C23H38N4O4S2.C2HF3O2/c1-2-25-13-5-8-22(25)19-27(16-17-32(28,29)26-14-11-24-12-15-26)33(30,31)23-10-9-20-6-3-4-7-21(20)18-23;3-2(4,5)1(6)7/h9-10,18,22,24H,2-8,11-17,19H2,1H3;(H,6,7). The van der Waals surface area contributed by atoms with E-state index in [1.807, 2.05) is 12.1 Å². The summed E-state index contributed by atoms with van der Waals surface area (Å²) < 4.78 is 88.2. The maximum absolute atomic E-state index is 13.8. The Bertz CT molecular complexity index is 1220.